The molecule has 126 valence electrons. The Bertz CT molecular complexity index is 765. The number of aryl methyl sites for hydroxylation is 2. The molecule has 0 fully saturated rings. The van der Waals surface area contributed by atoms with Crippen LogP contribution in [-0.4, -0.2) is 27.2 Å². The van der Waals surface area contributed by atoms with Crippen molar-refractivity contribution in [3.8, 4) is 11.5 Å². The smallest absolute Gasteiger partial charge is 0.303 e. The minimum Gasteiger partial charge on any atom is -0.508 e. The van der Waals surface area contributed by atoms with Crippen molar-refractivity contribution >= 4 is 23.3 Å². The second-order valence-corrected chi connectivity index (χ2v) is 5.62. The van der Waals surface area contributed by atoms with Crippen LogP contribution in [0.25, 0.3) is 0 Å². The van der Waals surface area contributed by atoms with E-state index < -0.39 is 11.9 Å². The fourth-order valence-electron chi connectivity index (χ4n) is 2.51. The number of phenolic OH excluding ortho intramolecular Hbond substituents is 2. The van der Waals surface area contributed by atoms with Crippen LogP contribution in [0.2, 0.25) is 0 Å². The van der Waals surface area contributed by atoms with Crippen molar-refractivity contribution < 1.29 is 24.9 Å². The van der Waals surface area contributed by atoms with Gasteiger partial charge in [-0.25, -0.2) is 0 Å². The highest BCUT2D eigenvalue weighted by molar-refractivity contribution is 6.02. The lowest BCUT2D eigenvalue weighted by atomic mass is 10.1. The molecule has 2 aromatic carbocycles. The lowest BCUT2D eigenvalue weighted by Gasteiger charge is -2.25. The number of amides is 1. The molecule has 0 aliphatic heterocycles. The van der Waals surface area contributed by atoms with E-state index in [4.69, 9.17) is 5.11 Å². The van der Waals surface area contributed by atoms with Crippen molar-refractivity contribution in [2.75, 3.05) is 4.90 Å². The Hall–Kier alpha value is -3.02. The number of carboxylic acid groups (broad SMARTS) is 1. The first-order valence-corrected chi connectivity index (χ1v) is 7.43. The zero-order valence-electron chi connectivity index (χ0n) is 13.5. The van der Waals surface area contributed by atoms with Gasteiger partial charge in [0.2, 0.25) is 5.91 Å². The van der Waals surface area contributed by atoms with Crippen LogP contribution in [0, 0.1) is 13.8 Å². The van der Waals surface area contributed by atoms with Gasteiger partial charge in [-0.1, -0.05) is 17.7 Å². The van der Waals surface area contributed by atoms with Crippen molar-refractivity contribution in [1.29, 1.82) is 0 Å². The van der Waals surface area contributed by atoms with Crippen LogP contribution >= 0.6 is 0 Å². The van der Waals surface area contributed by atoms with Crippen LogP contribution in [0.15, 0.2) is 36.4 Å². The number of carbonyl (C=O) groups excluding carboxylic acids is 1. The number of benzene rings is 2. The maximum atomic E-state index is 12.6. The Morgan fingerprint density at radius 1 is 0.958 bits per heavy atom. The molecule has 0 radical (unpaired) electrons. The van der Waals surface area contributed by atoms with Gasteiger partial charge < -0.3 is 15.3 Å². The Balaban J connectivity index is 2.52. The van der Waals surface area contributed by atoms with Gasteiger partial charge in [0.05, 0.1) is 17.8 Å². The summed E-state index contributed by atoms with van der Waals surface area (Å²) in [6.07, 6.45) is -0.496. The van der Waals surface area contributed by atoms with E-state index in [9.17, 15) is 19.8 Å². The number of hydrogen-bond donors (Lipinski definition) is 3. The van der Waals surface area contributed by atoms with Crippen molar-refractivity contribution in [3.63, 3.8) is 0 Å². The first kappa shape index (κ1) is 17.3. The summed E-state index contributed by atoms with van der Waals surface area (Å²) in [6.45, 7) is 3.76. The van der Waals surface area contributed by atoms with Crippen molar-refractivity contribution in [3.05, 3.63) is 47.5 Å². The fraction of sp³-hybridized carbons (Fsp3) is 0.222. The molecule has 0 aromatic heterocycles. The minimum atomic E-state index is -1.07. The molecule has 1 amide bonds. The zero-order valence-corrected chi connectivity index (χ0v) is 13.5. The summed E-state index contributed by atoms with van der Waals surface area (Å²) < 4.78 is 0. The van der Waals surface area contributed by atoms with Crippen molar-refractivity contribution in [2.24, 2.45) is 0 Å². The Kier molecular flexibility index (Phi) is 5.08. The van der Waals surface area contributed by atoms with Gasteiger partial charge in [0.15, 0.2) is 0 Å². The molecule has 0 saturated heterocycles. The first-order chi connectivity index (χ1) is 11.3. The van der Waals surface area contributed by atoms with Gasteiger partial charge in [0, 0.05) is 24.6 Å². The number of anilines is 2. The Morgan fingerprint density at radius 3 is 2.12 bits per heavy atom. The van der Waals surface area contributed by atoms with Gasteiger partial charge in [0.25, 0.3) is 0 Å². The molecule has 3 N–H and O–H groups in total. The molecular formula is C18H19NO5. The number of aromatic hydroxyl groups is 2. The molecule has 24 heavy (non-hydrogen) atoms. The fourth-order valence-corrected chi connectivity index (χ4v) is 2.51. The molecule has 0 bridgehead atoms. The van der Waals surface area contributed by atoms with E-state index in [2.05, 4.69) is 0 Å². The molecule has 0 heterocycles. The SMILES string of the molecule is Cc1ccc(N(C(=O)CCC(=O)O)c2cc(O)cc(O)c2)c(C)c1. The summed E-state index contributed by atoms with van der Waals surface area (Å²) in [5.41, 5.74) is 2.69. The van der Waals surface area contributed by atoms with E-state index in [1.54, 1.807) is 6.07 Å². The maximum Gasteiger partial charge on any atom is 0.303 e. The summed E-state index contributed by atoms with van der Waals surface area (Å²) in [4.78, 5) is 24.7. The second kappa shape index (κ2) is 7.04. The van der Waals surface area contributed by atoms with E-state index in [0.717, 1.165) is 17.2 Å². The van der Waals surface area contributed by atoms with Gasteiger partial charge in [-0.3, -0.25) is 14.5 Å². The van der Waals surface area contributed by atoms with Crippen LogP contribution < -0.4 is 4.90 Å². The topological polar surface area (TPSA) is 98.1 Å². The van der Waals surface area contributed by atoms with E-state index >= 15 is 0 Å². The number of carbonyl (C=O) groups is 2. The second-order valence-electron chi connectivity index (χ2n) is 5.62. The predicted octanol–water partition coefficient (Wildman–Crippen LogP) is 3.24. The molecule has 6 heteroatoms. The monoisotopic (exact) mass is 329 g/mol. The summed E-state index contributed by atoms with van der Waals surface area (Å²) >= 11 is 0. The number of hydrogen-bond acceptors (Lipinski definition) is 4. The van der Waals surface area contributed by atoms with Crippen LogP contribution in [0.5, 0.6) is 11.5 Å². The Labute approximate surface area is 139 Å². The van der Waals surface area contributed by atoms with Crippen LogP contribution in [0.1, 0.15) is 24.0 Å². The number of carboxylic acids is 1. The van der Waals surface area contributed by atoms with Gasteiger partial charge >= 0.3 is 5.97 Å². The predicted molar refractivity (Wildman–Crippen MR) is 89.7 cm³/mol. The molecule has 0 saturated carbocycles. The van der Waals surface area contributed by atoms with E-state index in [1.165, 1.54) is 17.0 Å². The van der Waals surface area contributed by atoms with Gasteiger partial charge in [-0.15, -0.1) is 0 Å². The molecule has 2 rings (SSSR count). The summed E-state index contributed by atoms with van der Waals surface area (Å²) in [6, 6.07) is 9.34. The molecule has 2 aromatic rings. The number of phenols is 2. The number of nitrogens with zero attached hydrogens (tertiary/aromatic N) is 1. The zero-order chi connectivity index (χ0) is 17.9. The molecule has 0 aliphatic carbocycles. The maximum absolute atomic E-state index is 12.6. The van der Waals surface area contributed by atoms with Gasteiger partial charge in [-0.05, 0) is 25.5 Å². The molecule has 0 spiro atoms. The third-order valence-corrected chi connectivity index (χ3v) is 3.54. The largest absolute Gasteiger partial charge is 0.508 e. The van der Waals surface area contributed by atoms with Gasteiger partial charge in [-0.2, -0.15) is 0 Å². The van der Waals surface area contributed by atoms with E-state index in [0.29, 0.717) is 5.69 Å². The number of rotatable bonds is 5. The average molecular weight is 329 g/mol. The van der Waals surface area contributed by atoms with Crippen LogP contribution in [0.4, 0.5) is 11.4 Å². The molecule has 0 aliphatic rings. The standard InChI is InChI=1S/C18H19NO5/c1-11-3-4-16(12(2)7-11)19(17(22)5-6-18(23)24)13-8-14(20)10-15(21)9-13/h3-4,7-10,20-21H,5-6H2,1-2H3,(H,23,24). The molecule has 0 atom stereocenters. The van der Waals surface area contributed by atoms with E-state index in [-0.39, 0.29) is 30.0 Å². The first-order valence-electron chi connectivity index (χ1n) is 7.43. The highest BCUT2D eigenvalue weighted by atomic mass is 16.4. The molecule has 0 unspecified atom stereocenters. The summed E-state index contributed by atoms with van der Waals surface area (Å²) in [5, 5.41) is 28.2. The highest BCUT2D eigenvalue weighted by Crippen LogP contribution is 2.34. The average Bonchev–Trinajstić information content (AvgIpc) is 2.46. The lowest BCUT2D eigenvalue weighted by Crippen LogP contribution is -2.27. The van der Waals surface area contributed by atoms with Crippen molar-refractivity contribution in [2.45, 2.75) is 26.7 Å². The van der Waals surface area contributed by atoms with Gasteiger partial charge in [0.1, 0.15) is 11.5 Å². The molecule has 6 nitrogen and oxygen atoms in total. The summed E-state index contributed by atoms with van der Waals surface area (Å²) in [7, 11) is 0. The van der Waals surface area contributed by atoms with E-state index in [1.807, 2.05) is 26.0 Å². The highest BCUT2D eigenvalue weighted by Gasteiger charge is 2.21. The van der Waals surface area contributed by atoms with Crippen LogP contribution in [0.3, 0.4) is 0 Å². The minimum absolute atomic E-state index is 0.189. The quantitative estimate of drug-likeness (QED) is 0.782. The van der Waals surface area contributed by atoms with Crippen LogP contribution in [-0.2, 0) is 9.59 Å². The normalized spacial score (nSPS) is 10.4. The Morgan fingerprint density at radius 2 is 1.58 bits per heavy atom. The van der Waals surface area contributed by atoms with Crippen molar-refractivity contribution in [1.82, 2.24) is 0 Å². The summed E-state index contributed by atoms with van der Waals surface area (Å²) in [5.74, 6) is -1.88. The lowest BCUT2D eigenvalue weighted by molar-refractivity contribution is -0.138. The molecular weight excluding hydrogens is 310 g/mol. The third-order valence-electron chi connectivity index (χ3n) is 3.54. The number of aliphatic carboxylic acids is 1. The third kappa shape index (κ3) is 4.04.